The normalized spacial score (nSPS) is 12.7. The number of halogens is 4. The van der Waals surface area contributed by atoms with Crippen molar-refractivity contribution in [2.45, 2.75) is 13.0 Å². The van der Waals surface area contributed by atoms with E-state index in [0.717, 1.165) is 12.1 Å². The molecule has 1 atom stereocenters. The zero-order valence-corrected chi connectivity index (χ0v) is 12.3. The Morgan fingerprint density at radius 1 is 1.21 bits per heavy atom. The maximum Gasteiger partial charge on any atom is 0.128 e. The van der Waals surface area contributed by atoms with E-state index in [4.69, 9.17) is 23.2 Å². The molecule has 0 saturated carbocycles. The van der Waals surface area contributed by atoms with Crippen molar-refractivity contribution < 1.29 is 8.78 Å². The zero-order chi connectivity index (χ0) is 14.0. The molecule has 19 heavy (non-hydrogen) atoms. The highest BCUT2D eigenvalue weighted by molar-refractivity contribution is 7.20. The summed E-state index contributed by atoms with van der Waals surface area (Å²) in [7, 11) is 0. The first-order chi connectivity index (χ1) is 9.02. The van der Waals surface area contributed by atoms with Gasteiger partial charge in [-0.25, -0.2) is 8.78 Å². The van der Waals surface area contributed by atoms with Crippen molar-refractivity contribution in [1.82, 2.24) is 5.32 Å². The molecule has 6 heteroatoms. The molecule has 1 aromatic carbocycles. The average Bonchev–Trinajstić information content (AvgIpc) is 2.69. The van der Waals surface area contributed by atoms with E-state index < -0.39 is 17.7 Å². The van der Waals surface area contributed by atoms with Crippen LogP contribution < -0.4 is 5.32 Å². The van der Waals surface area contributed by atoms with Crippen molar-refractivity contribution in [1.29, 1.82) is 0 Å². The number of hydrogen-bond acceptors (Lipinski definition) is 2. The molecule has 0 aliphatic rings. The van der Waals surface area contributed by atoms with Gasteiger partial charge in [0.15, 0.2) is 0 Å². The number of benzene rings is 1. The van der Waals surface area contributed by atoms with Crippen LogP contribution in [0.5, 0.6) is 0 Å². The second-order valence-corrected chi connectivity index (χ2v) is 6.22. The highest BCUT2D eigenvalue weighted by Gasteiger charge is 2.22. The third kappa shape index (κ3) is 3.26. The van der Waals surface area contributed by atoms with Gasteiger partial charge in [-0.3, -0.25) is 0 Å². The summed E-state index contributed by atoms with van der Waals surface area (Å²) in [5.74, 6) is -0.970. The second kappa shape index (κ2) is 6.18. The van der Waals surface area contributed by atoms with E-state index in [-0.39, 0.29) is 5.56 Å². The van der Waals surface area contributed by atoms with Crippen LogP contribution in [0.2, 0.25) is 8.67 Å². The van der Waals surface area contributed by atoms with Crippen LogP contribution in [0.4, 0.5) is 8.78 Å². The molecule has 102 valence electrons. The Morgan fingerprint density at radius 3 is 2.53 bits per heavy atom. The summed E-state index contributed by atoms with van der Waals surface area (Å²) < 4.78 is 28.2. The van der Waals surface area contributed by atoms with Gasteiger partial charge in [-0.1, -0.05) is 30.1 Å². The van der Waals surface area contributed by atoms with Crippen LogP contribution in [-0.2, 0) is 0 Å². The van der Waals surface area contributed by atoms with Crippen LogP contribution in [0.15, 0.2) is 24.3 Å². The highest BCUT2D eigenvalue weighted by Crippen LogP contribution is 2.38. The molecule has 0 amide bonds. The molecule has 2 rings (SSSR count). The van der Waals surface area contributed by atoms with Crippen LogP contribution >= 0.6 is 34.5 Å². The minimum absolute atomic E-state index is 0.221. The average molecular weight is 322 g/mol. The smallest absolute Gasteiger partial charge is 0.128 e. The minimum Gasteiger partial charge on any atom is -0.306 e. The largest absolute Gasteiger partial charge is 0.306 e. The monoisotopic (exact) mass is 321 g/mol. The second-order valence-electron chi connectivity index (χ2n) is 3.94. The summed E-state index contributed by atoms with van der Waals surface area (Å²) in [6, 6.07) is 4.52. The molecule has 1 heterocycles. The van der Waals surface area contributed by atoms with E-state index in [1.54, 1.807) is 6.07 Å². The van der Waals surface area contributed by atoms with Gasteiger partial charge in [0.05, 0.1) is 14.7 Å². The zero-order valence-electron chi connectivity index (χ0n) is 10.0. The maximum atomic E-state index is 13.9. The summed E-state index contributed by atoms with van der Waals surface area (Å²) in [6.07, 6.45) is 0. The van der Waals surface area contributed by atoms with Gasteiger partial charge in [-0.2, -0.15) is 0 Å². The van der Waals surface area contributed by atoms with E-state index in [1.165, 1.54) is 17.4 Å². The minimum atomic E-state index is -0.517. The van der Waals surface area contributed by atoms with Crippen molar-refractivity contribution in [2.24, 2.45) is 0 Å². The first kappa shape index (κ1) is 14.7. The van der Waals surface area contributed by atoms with Crippen LogP contribution in [0.3, 0.4) is 0 Å². The van der Waals surface area contributed by atoms with Gasteiger partial charge < -0.3 is 5.32 Å². The topological polar surface area (TPSA) is 12.0 Å². The quantitative estimate of drug-likeness (QED) is 0.832. The van der Waals surface area contributed by atoms with E-state index in [1.807, 2.05) is 6.92 Å². The SMILES string of the molecule is CCNC(c1cc(F)ccc1F)c1cc(Cl)sc1Cl. The van der Waals surface area contributed by atoms with Crippen molar-refractivity contribution in [2.75, 3.05) is 6.54 Å². The molecule has 0 fully saturated rings. The van der Waals surface area contributed by atoms with Crippen LogP contribution in [0.1, 0.15) is 24.1 Å². The number of hydrogen-bond donors (Lipinski definition) is 1. The molecular formula is C13H11Cl2F2NS. The van der Waals surface area contributed by atoms with Crippen molar-refractivity contribution in [3.8, 4) is 0 Å². The van der Waals surface area contributed by atoms with Gasteiger partial charge >= 0.3 is 0 Å². The van der Waals surface area contributed by atoms with Gasteiger partial charge in [0.25, 0.3) is 0 Å². The van der Waals surface area contributed by atoms with Gasteiger partial charge in [0.2, 0.25) is 0 Å². The molecule has 1 unspecified atom stereocenters. The molecule has 0 saturated heterocycles. The lowest BCUT2D eigenvalue weighted by Crippen LogP contribution is -2.23. The van der Waals surface area contributed by atoms with Crippen molar-refractivity contribution >= 4 is 34.5 Å². The van der Waals surface area contributed by atoms with Gasteiger partial charge in [-0.15, -0.1) is 11.3 Å². The Hall–Kier alpha value is -0.680. The lowest BCUT2D eigenvalue weighted by molar-refractivity contribution is 0.545. The van der Waals surface area contributed by atoms with Gasteiger partial charge in [-0.05, 0) is 30.8 Å². The molecule has 0 aliphatic carbocycles. The van der Waals surface area contributed by atoms with Crippen molar-refractivity contribution in [3.63, 3.8) is 0 Å². The summed E-state index contributed by atoms with van der Waals surface area (Å²) in [6.45, 7) is 2.47. The Kier molecular flexibility index (Phi) is 4.79. The molecule has 0 spiro atoms. The van der Waals surface area contributed by atoms with E-state index in [2.05, 4.69) is 5.32 Å². The molecule has 1 N–H and O–H groups in total. The molecule has 0 aliphatic heterocycles. The fourth-order valence-electron chi connectivity index (χ4n) is 1.88. The lowest BCUT2D eigenvalue weighted by atomic mass is 10.0. The Balaban J connectivity index is 2.51. The molecule has 1 nitrogen and oxygen atoms in total. The van der Waals surface area contributed by atoms with Crippen LogP contribution in [0.25, 0.3) is 0 Å². The van der Waals surface area contributed by atoms with Crippen LogP contribution in [0, 0.1) is 11.6 Å². The van der Waals surface area contributed by atoms with E-state index in [0.29, 0.717) is 20.8 Å². The maximum absolute atomic E-state index is 13.9. The molecule has 1 aromatic heterocycles. The summed E-state index contributed by atoms with van der Waals surface area (Å²) >= 11 is 13.2. The Morgan fingerprint density at radius 2 is 1.95 bits per heavy atom. The molecule has 2 aromatic rings. The first-order valence-corrected chi connectivity index (χ1v) is 7.23. The Bertz CT molecular complexity index is 586. The predicted molar refractivity (Wildman–Crippen MR) is 76.2 cm³/mol. The summed E-state index contributed by atoms with van der Waals surface area (Å²) in [5.41, 5.74) is 0.876. The first-order valence-electron chi connectivity index (χ1n) is 5.66. The summed E-state index contributed by atoms with van der Waals surface area (Å²) in [5, 5.41) is 3.09. The fraction of sp³-hybridized carbons (Fsp3) is 0.231. The van der Waals surface area contributed by atoms with Crippen LogP contribution in [-0.4, -0.2) is 6.54 Å². The van der Waals surface area contributed by atoms with E-state index in [9.17, 15) is 8.78 Å². The highest BCUT2D eigenvalue weighted by atomic mass is 35.5. The molecular weight excluding hydrogens is 311 g/mol. The third-order valence-corrected chi connectivity index (χ3v) is 4.19. The molecule has 0 bridgehead atoms. The molecule has 0 radical (unpaired) electrons. The number of nitrogens with one attached hydrogen (secondary N) is 1. The predicted octanol–water partition coefficient (Wildman–Crippen LogP) is 5.03. The fourth-order valence-corrected chi connectivity index (χ4v) is 3.41. The van der Waals surface area contributed by atoms with Gasteiger partial charge in [0, 0.05) is 11.1 Å². The number of thiophene rings is 1. The Labute approximate surface area is 124 Å². The van der Waals surface area contributed by atoms with E-state index >= 15 is 0 Å². The van der Waals surface area contributed by atoms with Gasteiger partial charge in [0.1, 0.15) is 11.6 Å². The standard InChI is InChI=1S/C13H11Cl2F2NS/c1-2-18-12(9-6-11(14)19-13(9)15)8-5-7(16)3-4-10(8)17/h3-6,12,18H,2H2,1H3. The van der Waals surface area contributed by atoms with Crippen molar-refractivity contribution in [3.05, 3.63) is 55.7 Å². The number of rotatable bonds is 4. The summed E-state index contributed by atoms with van der Waals surface area (Å²) in [4.78, 5) is 0. The third-order valence-electron chi connectivity index (χ3n) is 2.67. The lowest BCUT2D eigenvalue weighted by Gasteiger charge is -2.18.